The largest absolute Gasteiger partial charge is 0.435 e. The van der Waals surface area contributed by atoms with Crippen molar-refractivity contribution in [1.82, 2.24) is 29.5 Å². The summed E-state index contributed by atoms with van der Waals surface area (Å²) in [5.74, 6) is -0.441. The van der Waals surface area contributed by atoms with Crippen LogP contribution in [0.1, 0.15) is 59.4 Å². The lowest BCUT2D eigenvalue weighted by Crippen LogP contribution is -2.41. The van der Waals surface area contributed by atoms with E-state index in [2.05, 4.69) is 31.0 Å². The summed E-state index contributed by atoms with van der Waals surface area (Å²) in [6, 6.07) is 8.01. The fourth-order valence-corrected chi connectivity index (χ4v) is 6.19. The SMILES string of the molecule is O=C(c1cnn2cc(N3CCC4(CC3)CC4)ccc12)N1CCc2[nH]cnc2[C@H]1c1nc2cccc(F)c2o1. The zero-order valence-electron chi connectivity index (χ0n) is 20.7. The maximum atomic E-state index is 14.4. The first kappa shape index (κ1) is 21.8. The summed E-state index contributed by atoms with van der Waals surface area (Å²) >= 11 is 0. The molecule has 1 aliphatic carbocycles. The molecule has 1 aromatic carbocycles. The van der Waals surface area contributed by atoms with Gasteiger partial charge in [-0.05, 0) is 55.4 Å². The first-order valence-corrected chi connectivity index (χ1v) is 13.2. The Kier molecular flexibility index (Phi) is 4.54. The Labute approximate surface area is 217 Å². The Morgan fingerprint density at radius 3 is 2.79 bits per heavy atom. The number of aromatic nitrogens is 5. The van der Waals surface area contributed by atoms with Gasteiger partial charge < -0.3 is 19.2 Å². The molecule has 2 fully saturated rings. The van der Waals surface area contributed by atoms with Crippen LogP contribution < -0.4 is 4.90 Å². The summed E-state index contributed by atoms with van der Waals surface area (Å²) in [6.07, 6.45) is 11.1. The Morgan fingerprint density at radius 2 is 1.97 bits per heavy atom. The fourth-order valence-electron chi connectivity index (χ4n) is 6.19. The van der Waals surface area contributed by atoms with Gasteiger partial charge in [0.25, 0.3) is 5.91 Å². The Hall–Kier alpha value is -4.21. The maximum Gasteiger partial charge on any atom is 0.258 e. The van der Waals surface area contributed by atoms with E-state index in [1.807, 2.05) is 12.3 Å². The number of amides is 1. The molecule has 38 heavy (non-hydrogen) atoms. The van der Waals surface area contributed by atoms with E-state index in [1.165, 1.54) is 31.7 Å². The molecule has 1 amide bonds. The van der Waals surface area contributed by atoms with Crippen LogP contribution in [-0.4, -0.2) is 55.0 Å². The molecule has 0 unspecified atom stereocenters. The normalized spacial score (nSPS) is 20.4. The number of benzene rings is 1. The molecular formula is C28H26FN7O2. The van der Waals surface area contributed by atoms with Crippen molar-refractivity contribution >= 4 is 28.2 Å². The van der Waals surface area contributed by atoms with Gasteiger partial charge in [0.05, 0.1) is 41.2 Å². The summed E-state index contributed by atoms with van der Waals surface area (Å²) in [7, 11) is 0. The number of piperidine rings is 1. The number of hydrogen-bond donors (Lipinski definition) is 1. The average molecular weight is 512 g/mol. The minimum Gasteiger partial charge on any atom is -0.435 e. The summed E-state index contributed by atoms with van der Waals surface area (Å²) < 4.78 is 22.1. The van der Waals surface area contributed by atoms with Gasteiger partial charge in [-0.3, -0.25) is 4.79 Å². The number of para-hydroxylation sites is 1. The second kappa shape index (κ2) is 7.89. The number of carbonyl (C=O) groups excluding carboxylic acids is 1. The monoisotopic (exact) mass is 511 g/mol. The second-order valence-electron chi connectivity index (χ2n) is 10.8. The number of carbonyl (C=O) groups is 1. The third kappa shape index (κ3) is 3.28. The number of anilines is 1. The summed E-state index contributed by atoms with van der Waals surface area (Å²) in [4.78, 5) is 30.3. The lowest BCUT2D eigenvalue weighted by atomic mass is 9.93. The minimum atomic E-state index is -0.679. The molecule has 0 bridgehead atoms. The third-order valence-electron chi connectivity index (χ3n) is 8.68. The number of H-pyrrole nitrogens is 1. The lowest BCUT2D eigenvalue weighted by Gasteiger charge is -2.34. The number of imidazole rings is 1. The van der Waals surface area contributed by atoms with E-state index in [9.17, 15) is 9.18 Å². The van der Waals surface area contributed by atoms with Gasteiger partial charge in [-0.15, -0.1) is 0 Å². The van der Waals surface area contributed by atoms with Crippen LogP contribution in [0.5, 0.6) is 0 Å². The summed E-state index contributed by atoms with van der Waals surface area (Å²) in [6.45, 7) is 2.56. The van der Waals surface area contributed by atoms with Crippen LogP contribution in [0, 0.1) is 11.2 Å². The average Bonchev–Trinajstić information content (AvgIpc) is 3.33. The van der Waals surface area contributed by atoms with Crippen molar-refractivity contribution in [2.45, 2.75) is 38.1 Å². The van der Waals surface area contributed by atoms with Gasteiger partial charge >= 0.3 is 0 Å². The van der Waals surface area contributed by atoms with E-state index in [1.54, 1.807) is 34.1 Å². The predicted molar refractivity (Wildman–Crippen MR) is 137 cm³/mol. The van der Waals surface area contributed by atoms with Crippen molar-refractivity contribution < 1.29 is 13.6 Å². The highest BCUT2D eigenvalue weighted by atomic mass is 19.1. The number of rotatable bonds is 3. The van der Waals surface area contributed by atoms with Crippen LogP contribution >= 0.6 is 0 Å². The minimum absolute atomic E-state index is 0.0754. The Morgan fingerprint density at radius 1 is 1.11 bits per heavy atom. The first-order chi connectivity index (χ1) is 18.6. The molecule has 4 aromatic heterocycles. The van der Waals surface area contributed by atoms with Crippen LogP contribution in [0.25, 0.3) is 16.6 Å². The van der Waals surface area contributed by atoms with Crippen molar-refractivity contribution in [2.24, 2.45) is 5.41 Å². The number of fused-ring (bicyclic) bond motifs is 3. The van der Waals surface area contributed by atoms with E-state index in [0.29, 0.717) is 35.2 Å². The van der Waals surface area contributed by atoms with Crippen molar-refractivity contribution in [1.29, 1.82) is 0 Å². The molecule has 6 heterocycles. The van der Waals surface area contributed by atoms with Crippen molar-refractivity contribution in [3.05, 3.63) is 77.7 Å². The highest BCUT2D eigenvalue weighted by Gasteiger charge is 2.44. The lowest BCUT2D eigenvalue weighted by molar-refractivity contribution is 0.0669. The number of nitrogens with zero attached hydrogens (tertiary/aromatic N) is 6. The quantitative estimate of drug-likeness (QED) is 0.383. The molecule has 10 heteroatoms. The zero-order chi connectivity index (χ0) is 25.4. The highest BCUT2D eigenvalue weighted by Crippen LogP contribution is 2.53. The molecule has 1 saturated heterocycles. The molecule has 5 aromatic rings. The maximum absolute atomic E-state index is 14.4. The second-order valence-corrected chi connectivity index (χ2v) is 10.8. The predicted octanol–water partition coefficient (Wildman–Crippen LogP) is 4.51. The van der Waals surface area contributed by atoms with Crippen LogP contribution in [0.15, 0.2) is 53.5 Å². The molecular weight excluding hydrogens is 485 g/mol. The van der Waals surface area contributed by atoms with Gasteiger partial charge in [0.2, 0.25) is 5.89 Å². The molecule has 3 aliphatic rings. The Bertz CT molecular complexity index is 1700. The standard InChI is InChI=1S/C28H26FN7O2/c29-19-2-1-3-21-25(19)38-26(33-21)24-23-20(30-16-31-23)6-11-35(24)27(37)18-14-32-36-15-17(4-5-22(18)36)34-12-9-28(7-8-28)10-13-34/h1-5,14-16,24H,6-13H2,(H,30,31)/t24-/m0/s1. The molecule has 1 spiro atoms. The zero-order valence-corrected chi connectivity index (χ0v) is 20.7. The third-order valence-corrected chi connectivity index (χ3v) is 8.68. The highest BCUT2D eigenvalue weighted by molar-refractivity contribution is 6.01. The fraction of sp³-hybridized carbons (Fsp3) is 0.357. The molecule has 1 atom stereocenters. The topological polar surface area (TPSA) is 95.6 Å². The van der Waals surface area contributed by atoms with Crippen LogP contribution in [0.2, 0.25) is 0 Å². The van der Waals surface area contributed by atoms with Crippen molar-refractivity contribution in [3.63, 3.8) is 0 Å². The van der Waals surface area contributed by atoms with Gasteiger partial charge in [-0.1, -0.05) is 6.07 Å². The number of halogens is 1. The van der Waals surface area contributed by atoms with Gasteiger partial charge in [-0.25, -0.2) is 18.9 Å². The van der Waals surface area contributed by atoms with Crippen molar-refractivity contribution in [2.75, 3.05) is 24.5 Å². The number of aromatic amines is 1. The van der Waals surface area contributed by atoms with Gasteiger partial charge in [0, 0.05) is 31.7 Å². The van der Waals surface area contributed by atoms with E-state index >= 15 is 0 Å². The number of oxazole rings is 1. The molecule has 0 radical (unpaired) electrons. The van der Waals surface area contributed by atoms with E-state index in [4.69, 9.17) is 4.42 Å². The molecule has 1 saturated carbocycles. The number of nitrogens with one attached hydrogen (secondary N) is 1. The summed E-state index contributed by atoms with van der Waals surface area (Å²) in [5.41, 5.74) is 5.04. The number of pyridine rings is 1. The van der Waals surface area contributed by atoms with Gasteiger partial charge in [0.1, 0.15) is 5.52 Å². The van der Waals surface area contributed by atoms with E-state index in [0.717, 1.165) is 30.0 Å². The van der Waals surface area contributed by atoms with Gasteiger partial charge in [0.15, 0.2) is 17.4 Å². The molecule has 192 valence electrons. The molecule has 9 nitrogen and oxygen atoms in total. The van der Waals surface area contributed by atoms with E-state index < -0.39 is 11.9 Å². The number of hydrogen-bond acceptors (Lipinski definition) is 6. The molecule has 2 aliphatic heterocycles. The van der Waals surface area contributed by atoms with E-state index in [-0.39, 0.29) is 17.4 Å². The molecule has 1 N–H and O–H groups in total. The van der Waals surface area contributed by atoms with Gasteiger partial charge in [-0.2, -0.15) is 5.10 Å². The van der Waals surface area contributed by atoms with Crippen LogP contribution in [-0.2, 0) is 6.42 Å². The van der Waals surface area contributed by atoms with Crippen LogP contribution in [0.3, 0.4) is 0 Å². The Balaban J connectivity index is 1.14. The summed E-state index contributed by atoms with van der Waals surface area (Å²) in [5, 5.41) is 4.54. The first-order valence-electron chi connectivity index (χ1n) is 13.2. The smallest absolute Gasteiger partial charge is 0.258 e. The van der Waals surface area contributed by atoms with Crippen LogP contribution in [0.4, 0.5) is 10.1 Å². The molecule has 8 rings (SSSR count). The van der Waals surface area contributed by atoms with Crippen molar-refractivity contribution in [3.8, 4) is 0 Å².